The average Bonchev–Trinajstić information content (AvgIpc) is 0.722. The first kappa shape index (κ1) is 127. The van der Waals surface area contributed by atoms with E-state index in [4.69, 9.17) is 17.5 Å². The minimum atomic E-state index is -5.17. The molecule has 0 aliphatic heterocycles. The predicted molar refractivity (Wildman–Crippen MR) is 35.8 cm³/mol. The third-order valence-corrected chi connectivity index (χ3v) is 0. The van der Waals surface area contributed by atoms with E-state index in [9.17, 15) is 0 Å². The van der Waals surface area contributed by atoms with Gasteiger partial charge in [0, 0.05) is 10.4 Å². The molecule has 0 spiro atoms. The van der Waals surface area contributed by atoms with Gasteiger partial charge < -0.3 is 47.4 Å². The molecule has 14 heteroatoms. The smallest absolute Gasteiger partial charge is 0.759 e. The Morgan fingerprint density at radius 1 is 0.571 bits per heavy atom. The van der Waals surface area contributed by atoms with Gasteiger partial charge in [0.1, 0.15) is 0 Å². The number of rotatable bonds is 0. The van der Waals surface area contributed by atoms with Crippen molar-refractivity contribution in [2.24, 2.45) is 0 Å². The van der Waals surface area contributed by atoms with E-state index >= 15 is 0 Å². The van der Waals surface area contributed by atoms with E-state index in [1.807, 2.05) is 0 Å². The SMILES string of the molecule is O.O.O.O.O.O.O.O=S(=O)([O-])[O-].[Fe+].[Fe+]. The van der Waals surface area contributed by atoms with Gasteiger partial charge in [-0.15, -0.1) is 0 Å². The topological polar surface area (TPSA) is 301 Å². The molecule has 0 bridgehead atoms. The summed E-state index contributed by atoms with van der Waals surface area (Å²) in [7, 11) is -5.17. The summed E-state index contributed by atoms with van der Waals surface area (Å²) in [5.41, 5.74) is 0. The fourth-order valence-corrected chi connectivity index (χ4v) is 0. The van der Waals surface area contributed by atoms with E-state index in [-0.39, 0.29) is 72.5 Å². The molecule has 0 unspecified atom stereocenters. The molecule has 0 atom stereocenters. The van der Waals surface area contributed by atoms with Gasteiger partial charge in [0.25, 0.3) is 0 Å². The van der Waals surface area contributed by atoms with Gasteiger partial charge in [-0.1, -0.05) is 0 Å². The first-order valence-electron chi connectivity index (χ1n) is 0.667. The van der Waals surface area contributed by atoms with Gasteiger partial charge in [0.05, 0.1) is 0 Å². The van der Waals surface area contributed by atoms with E-state index in [2.05, 4.69) is 0 Å². The number of hydrogen-bond acceptors (Lipinski definition) is 4. The van der Waals surface area contributed by atoms with Crippen LogP contribution in [0.25, 0.3) is 0 Å². The van der Waals surface area contributed by atoms with E-state index in [1.165, 1.54) is 0 Å². The zero-order valence-electron chi connectivity index (χ0n) is 6.25. The van der Waals surface area contributed by atoms with E-state index < -0.39 is 10.4 Å². The molecule has 0 aromatic carbocycles. The van der Waals surface area contributed by atoms with Crippen LogP contribution in [0.4, 0.5) is 0 Å². The first-order valence-corrected chi connectivity index (χ1v) is 2.00. The van der Waals surface area contributed by atoms with Crippen LogP contribution in [0.1, 0.15) is 0 Å². The first-order chi connectivity index (χ1) is 2.00. The van der Waals surface area contributed by atoms with Crippen molar-refractivity contribution in [1.82, 2.24) is 0 Å². The Balaban J connectivity index is -0.00000000222. The Bertz CT molecular complexity index is 96.5. The monoisotopic (exact) mass is 334 g/mol. The molecule has 11 nitrogen and oxygen atoms in total. The summed E-state index contributed by atoms with van der Waals surface area (Å²) in [6.45, 7) is 0. The van der Waals surface area contributed by atoms with Crippen LogP contribution in [0.15, 0.2) is 0 Å². The molecule has 0 fully saturated rings. The Kier molecular flexibility index (Phi) is 448. The largest absolute Gasteiger partial charge is 1.00 e. The molecule has 0 aromatic rings. The molecular formula is H14Fe2O11S. The van der Waals surface area contributed by atoms with Crippen LogP contribution in [-0.2, 0) is 44.5 Å². The van der Waals surface area contributed by atoms with Gasteiger partial charge in [-0.2, -0.15) is 0 Å². The molecule has 0 aliphatic rings. The van der Waals surface area contributed by atoms with Crippen molar-refractivity contribution < 1.29 is 90.0 Å². The molecule has 0 rings (SSSR count). The standard InChI is InChI=1S/2Fe.H2O4S.7H2O/c;;1-5(2,3)4;;;;;;;/h;;(H2,1,2,3,4);7*1H2/q2*+1;;;;;;;;/p-2. The van der Waals surface area contributed by atoms with Gasteiger partial charge >= 0.3 is 34.1 Å². The maximum atomic E-state index is 8.52. The van der Waals surface area contributed by atoms with Gasteiger partial charge in [-0.25, -0.2) is 0 Å². The van der Waals surface area contributed by atoms with E-state index in [1.54, 1.807) is 0 Å². The molecule has 2 radical (unpaired) electrons. The van der Waals surface area contributed by atoms with Crippen molar-refractivity contribution in [2.45, 2.75) is 0 Å². The van der Waals surface area contributed by atoms with E-state index in [0.717, 1.165) is 0 Å². The van der Waals surface area contributed by atoms with Crippen LogP contribution in [0.5, 0.6) is 0 Å². The molecular weight excluding hydrogens is 320 g/mol. The Hall–Kier alpha value is 0.629. The minimum Gasteiger partial charge on any atom is -0.759 e. The van der Waals surface area contributed by atoms with Crippen molar-refractivity contribution in [3.05, 3.63) is 0 Å². The van der Waals surface area contributed by atoms with Gasteiger partial charge in [-0.05, 0) is 0 Å². The number of hydrogen-bond donors (Lipinski definition) is 0. The molecule has 0 saturated carbocycles. The second kappa shape index (κ2) is 49.5. The zero-order chi connectivity index (χ0) is 4.50. The summed E-state index contributed by atoms with van der Waals surface area (Å²) >= 11 is 0. The third kappa shape index (κ3) is 4320. The Labute approximate surface area is 101 Å². The van der Waals surface area contributed by atoms with Crippen LogP contribution in [0.2, 0.25) is 0 Å². The van der Waals surface area contributed by atoms with Crippen LogP contribution >= 0.6 is 0 Å². The molecule has 14 heavy (non-hydrogen) atoms. The second-order valence-corrected chi connectivity index (χ2v) is 1.22. The average molecular weight is 334 g/mol. The minimum absolute atomic E-state index is 0. The molecule has 0 saturated heterocycles. The van der Waals surface area contributed by atoms with Gasteiger partial charge in [0.15, 0.2) is 0 Å². The van der Waals surface area contributed by atoms with Crippen molar-refractivity contribution in [1.29, 1.82) is 0 Å². The molecule has 102 valence electrons. The van der Waals surface area contributed by atoms with Crippen molar-refractivity contribution in [2.75, 3.05) is 0 Å². The van der Waals surface area contributed by atoms with Gasteiger partial charge in [-0.3, -0.25) is 8.42 Å². The Morgan fingerprint density at radius 3 is 0.571 bits per heavy atom. The summed E-state index contributed by atoms with van der Waals surface area (Å²) in [5, 5.41) is 0. The molecule has 0 aliphatic carbocycles. The van der Waals surface area contributed by atoms with Crippen LogP contribution in [0.3, 0.4) is 0 Å². The fourth-order valence-electron chi connectivity index (χ4n) is 0. The van der Waals surface area contributed by atoms with Crippen LogP contribution < -0.4 is 0 Å². The van der Waals surface area contributed by atoms with Crippen molar-refractivity contribution >= 4 is 10.4 Å². The summed E-state index contributed by atoms with van der Waals surface area (Å²) < 4.78 is 34.1. The predicted octanol–water partition coefficient (Wildman–Crippen LogP) is -7.12. The summed E-state index contributed by atoms with van der Waals surface area (Å²) in [4.78, 5) is 0. The quantitative estimate of drug-likeness (QED) is 0.236. The summed E-state index contributed by atoms with van der Waals surface area (Å²) in [6.07, 6.45) is 0. The molecule has 14 N–H and O–H groups in total. The molecule has 0 aromatic heterocycles. The zero-order valence-corrected chi connectivity index (χ0v) is 9.27. The maximum Gasteiger partial charge on any atom is 1.00 e. The summed E-state index contributed by atoms with van der Waals surface area (Å²) in [6, 6.07) is 0. The Morgan fingerprint density at radius 2 is 0.571 bits per heavy atom. The van der Waals surface area contributed by atoms with Crippen molar-refractivity contribution in [3.8, 4) is 0 Å². The molecule has 0 heterocycles. The fraction of sp³-hybridized carbons (Fsp3) is 0. The van der Waals surface area contributed by atoms with Crippen molar-refractivity contribution in [3.63, 3.8) is 0 Å². The second-order valence-electron chi connectivity index (χ2n) is 0.408. The van der Waals surface area contributed by atoms with Crippen LogP contribution in [0, 0.1) is 0 Å². The normalized spacial score (nSPS) is 4.14. The third-order valence-electron chi connectivity index (χ3n) is 0. The summed E-state index contributed by atoms with van der Waals surface area (Å²) in [5.74, 6) is 0. The van der Waals surface area contributed by atoms with E-state index in [0.29, 0.717) is 0 Å². The van der Waals surface area contributed by atoms with Gasteiger partial charge in [0.2, 0.25) is 0 Å². The maximum absolute atomic E-state index is 8.52. The molecule has 0 amide bonds. The van der Waals surface area contributed by atoms with Crippen LogP contribution in [-0.4, -0.2) is 55.9 Å².